The van der Waals surface area contributed by atoms with E-state index in [-0.39, 0.29) is 18.1 Å². The molecule has 2 rings (SSSR count). The second-order valence-electron chi connectivity index (χ2n) is 3.98. The van der Waals surface area contributed by atoms with E-state index in [4.69, 9.17) is 0 Å². The van der Waals surface area contributed by atoms with E-state index in [0.717, 1.165) is 0 Å². The van der Waals surface area contributed by atoms with Gasteiger partial charge in [0.1, 0.15) is 0 Å². The fourth-order valence-corrected chi connectivity index (χ4v) is 1.66. The summed E-state index contributed by atoms with van der Waals surface area (Å²) in [6, 6.07) is -0.328. The summed E-state index contributed by atoms with van der Waals surface area (Å²) in [6.45, 7) is 0. The molecule has 2 aliphatic rings. The van der Waals surface area contributed by atoms with E-state index in [1.165, 1.54) is 0 Å². The van der Waals surface area contributed by atoms with Crippen LogP contribution in [0.15, 0.2) is 72.9 Å². The molecule has 0 radical (unpaired) electrons. The van der Waals surface area contributed by atoms with Gasteiger partial charge in [-0.3, -0.25) is 0 Å². The van der Waals surface area contributed by atoms with E-state index in [0.29, 0.717) is 0 Å². The SMILES string of the molecule is O=C(NC1C=CC=CC=C1)NC1C=CC=CC=C1. The molecule has 3 nitrogen and oxygen atoms in total. The van der Waals surface area contributed by atoms with Crippen LogP contribution in [0.5, 0.6) is 0 Å². The first kappa shape index (κ1) is 12.2. The van der Waals surface area contributed by atoms with E-state index in [1.807, 2.05) is 72.9 Å². The van der Waals surface area contributed by atoms with E-state index in [9.17, 15) is 4.79 Å². The summed E-state index contributed by atoms with van der Waals surface area (Å²) >= 11 is 0. The number of carbonyl (C=O) groups is 1. The highest BCUT2D eigenvalue weighted by atomic mass is 16.2. The Morgan fingerprint density at radius 3 is 1.28 bits per heavy atom. The van der Waals surface area contributed by atoms with E-state index in [1.54, 1.807) is 0 Å². The molecule has 0 aromatic carbocycles. The first-order valence-corrected chi connectivity index (χ1v) is 5.95. The van der Waals surface area contributed by atoms with Crippen molar-refractivity contribution >= 4 is 6.03 Å². The quantitative estimate of drug-likeness (QED) is 0.764. The summed E-state index contributed by atoms with van der Waals surface area (Å²) in [7, 11) is 0. The summed E-state index contributed by atoms with van der Waals surface area (Å²) < 4.78 is 0. The van der Waals surface area contributed by atoms with Gasteiger partial charge in [-0.25, -0.2) is 4.79 Å². The zero-order chi connectivity index (χ0) is 12.6. The van der Waals surface area contributed by atoms with Gasteiger partial charge in [-0.2, -0.15) is 0 Å². The molecule has 0 fully saturated rings. The standard InChI is InChI=1S/C15H16N2O/c18-15(16-13-9-5-1-2-6-10-13)17-14-11-7-3-4-8-12-14/h1-14H,(H2,16,17,18). The molecule has 0 heterocycles. The molecule has 0 unspecified atom stereocenters. The Morgan fingerprint density at radius 2 is 0.944 bits per heavy atom. The maximum atomic E-state index is 11.8. The first-order chi connectivity index (χ1) is 8.84. The van der Waals surface area contributed by atoms with Crippen LogP contribution in [-0.2, 0) is 0 Å². The van der Waals surface area contributed by atoms with Gasteiger partial charge in [-0.15, -0.1) is 0 Å². The van der Waals surface area contributed by atoms with Crippen LogP contribution in [0.3, 0.4) is 0 Å². The van der Waals surface area contributed by atoms with Crippen molar-refractivity contribution in [3.05, 3.63) is 72.9 Å². The molecule has 0 aliphatic heterocycles. The molecule has 2 N–H and O–H groups in total. The predicted octanol–water partition coefficient (Wildman–Crippen LogP) is 2.39. The molecule has 0 aromatic rings. The van der Waals surface area contributed by atoms with Crippen molar-refractivity contribution in [3.8, 4) is 0 Å². The van der Waals surface area contributed by atoms with Crippen molar-refractivity contribution < 1.29 is 4.79 Å². The Labute approximate surface area is 107 Å². The molecule has 0 atom stereocenters. The van der Waals surface area contributed by atoms with Gasteiger partial charge in [-0.05, 0) is 0 Å². The Kier molecular flexibility index (Phi) is 4.36. The molecular formula is C15H16N2O. The minimum absolute atomic E-state index is 0.0723. The highest BCUT2D eigenvalue weighted by Crippen LogP contribution is 1.99. The highest BCUT2D eigenvalue weighted by molar-refractivity contribution is 5.75. The number of allylic oxidation sites excluding steroid dienone is 8. The number of urea groups is 1. The Bertz CT molecular complexity index is 393. The molecular weight excluding hydrogens is 224 g/mol. The Morgan fingerprint density at radius 1 is 0.611 bits per heavy atom. The summed E-state index contributed by atoms with van der Waals surface area (Å²) in [6.07, 6.45) is 23.1. The molecule has 0 saturated carbocycles. The third kappa shape index (κ3) is 3.94. The number of rotatable bonds is 2. The lowest BCUT2D eigenvalue weighted by molar-refractivity contribution is 0.239. The van der Waals surface area contributed by atoms with Gasteiger partial charge >= 0.3 is 6.03 Å². The van der Waals surface area contributed by atoms with Crippen molar-refractivity contribution in [1.82, 2.24) is 10.6 Å². The second kappa shape index (κ2) is 6.45. The topological polar surface area (TPSA) is 41.1 Å². The van der Waals surface area contributed by atoms with E-state index >= 15 is 0 Å². The minimum Gasteiger partial charge on any atom is -0.328 e. The van der Waals surface area contributed by atoms with Crippen LogP contribution in [0, 0.1) is 0 Å². The highest BCUT2D eigenvalue weighted by Gasteiger charge is 2.09. The second-order valence-corrected chi connectivity index (χ2v) is 3.98. The third-order valence-electron chi connectivity index (χ3n) is 2.54. The van der Waals surface area contributed by atoms with Crippen LogP contribution in [0.2, 0.25) is 0 Å². The van der Waals surface area contributed by atoms with Gasteiger partial charge in [0.25, 0.3) is 0 Å². The molecule has 2 amide bonds. The minimum atomic E-state index is -0.183. The third-order valence-corrected chi connectivity index (χ3v) is 2.54. The van der Waals surface area contributed by atoms with Gasteiger partial charge in [0.2, 0.25) is 0 Å². The normalized spacial score (nSPS) is 18.7. The van der Waals surface area contributed by atoms with Crippen molar-refractivity contribution in [2.45, 2.75) is 12.1 Å². The lowest BCUT2D eigenvalue weighted by Crippen LogP contribution is -2.44. The maximum absolute atomic E-state index is 11.8. The fraction of sp³-hybridized carbons (Fsp3) is 0.133. The number of nitrogens with one attached hydrogen (secondary N) is 2. The Hall–Kier alpha value is -2.29. The zero-order valence-electron chi connectivity index (χ0n) is 9.99. The lowest BCUT2D eigenvalue weighted by Gasteiger charge is -2.14. The number of carbonyl (C=O) groups excluding carboxylic acids is 1. The van der Waals surface area contributed by atoms with Crippen LogP contribution in [-0.4, -0.2) is 18.1 Å². The zero-order valence-corrected chi connectivity index (χ0v) is 9.99. The smallest absolute Gasteiger partial charge is 0.316 e. The van der Waals surface area contributed by atoms with Gasteiger partial charge in [-0.1, -0.05) is 72.9 Å². The molecule has 92 valence electrons. The summed E-state index contributed by atoms with van der Waals surface area (Å²) in [5, 5.41) is 5.75. The molecule has 18 heavy (non-hydrogen) atoms. The molecule has 0 bridgehead atoms. The molecule has 2 aliphatic carbocycles. The van der Waals surface area contributed by atoms with Crippen molar-refractivity contribution in [1.29, 1.82) is 0 Å². The largest absolute Gasteiger partial charge is 0.328 e. The lowest BCUT2D eigenvalue weighted by atomic mass is 10.2. The summed E-state index contributed by atoms with van der Waals surface area (Å²) in [5.41, 5.74) is 0. The van der Waals surface area contributed by atoms with Crippen LogP contribution in [0.4, 0.5) is 4.79 Å². The van der Waals surface area contributed by atoms with Crippen molar-refractivity contribution in [3.63, 3.8) is 0 Å². The molecule has 0 spiro atoms. The van der Waals surface area contributed by atoms with Crippen LogP contribution in [0.25, 0.3) is 0 Å². The van der Waals surface area contributed by atoms with Gasteiger partial charge < -0.3 is 10.6 Å². The average molecular weight is 240 g/mol. The average Bonchev–Trinajstić information content (AvgIpc) is 2.74. The predicted molar refractivity (Wildman–Crippen MR) is 74.1 cm³/mol. The maximum Gasteiger partial charge on any atom is 0.316 e. The number of hydrogen-bond donors (Lipinski definition) is 2. The van der Waals surface area contributed by atoms with Crippen LogP contribution < -0.4 is 10.6 Å². The van der Waals surface area contributed by atoms with Crippen molar-refractivity contribution in [2.24, 2.45) is 0 Å². The van der Waals surface area contributed by atoms with E-state index < -0.39 is 0 Å². The summed E-state index contributed by atoms with van der Waals surface area (Å²) in [5.74, 6) is 0. The Balaban J connectivity index is 1.85. The van der Waals surface area contributed by atoms with E-state index in [2.05, 4.69) is 10.6 Å². The van der Waals surface area contributed by atoms with Crippen LogP contribution in [0.1, 0.15) is 0 Å². The van der Waals surface area contributed by atoms with Crippen LogP contribution >= 0.6 is 0 Å². The molecule has 3 heteroatoms. The van der Waals surface area contributed by atoms with Gasteiger partial charge in [0.15, 0.2) is 0 Å². The number of amides is 2. The monoisotopic (exact) mass is 240 g/mol. The number of hydrogen-bond acceptors (Lipinski definition) is 1. The van der Waals surface area contributed by atoms with Crippen molar-refractivity contribution in [2.75, 3.05) is 0 Å². The van der Waals surface area contributed by atoms with Gasteiger partial charge in [0, 0.05) is 0 Å². The van der Waals surface area contributed by atoms with Gasteiger partial charge in [0.05, 0.1) is 12.1 Å². The summed E-state index contributed by atoms with van der Waals surface area (Å²) in [4.78, 5) is 11.8. The first-order valence-electron chi connectivity index (χ1n) is 5.95. The molecule has 0 saturated heterocycles. The fourth-order valence-electron chi connectivity index (χ4n) is 1.66. The molecule has 0 aromatic heterocycles.